The zero-order valence-electron chi connectivity index (χ0n) is 23.1. The molecule has 0 saturated heterocycles. The highest BCUT2D eigenvalue weighted by Gasteiger charge is 2.32. The number of hydrazone groups is 1. The number of benzene rings is 3. The molecule has 0 radical (unpaired) electrons. The van der Waals surface area contributed by atoms with E-state index in [1.165, 1.54) is 6.21 Å². The van der Waals surface area contributed by atoms with Crippen LogP contribution < -0.4 is 25.5 Å². The molecular formula is C30H27Br2ClN4O5S. The first-order chi connectivity index (χ1) is 20.7. The van der Waals surface area contributed by atoms with Crippen LogP contribution in [0, 0.1) is 0 Å². The third-order valence-corrected chi connectivity index (χ3v) is 7.72. The fraction of sp³-hybridized carbons (Fsp3) is 0.200. The van der Waals surface area contributed by atoms with Gasteiger partial charge in [-0.2, -0.15) is 5.10 Å². The van der Waals surface area contributed by atoms with E-state index in [0.717, 1.165) is 5.56 Å². The molecule has 1 aliphatic heterocycles. The minimum absolute atomic E-state index is 0.224. The van der Waals surface area contributed by atoms with Crippen molar-refractivity contribution in [3.8, 4) is 11.5 Å². The largest absolute Gasteiger partial charge is 0.487 e. The lowest BCUT2D eigenvalue weighted by molar-refractivity contribution is -0.139. The number of amides is 1. The molecule has 0 fully saturated rings. The molecule has 43 heavy (non-hydrogen) atoms. The molecule has 0 saturated carbocycles. The molecule has 3 aromatic carbocycles. The zero-order chi connectivity index (χ0) is 30.9. The highest BCUT2D eigenvalue weighted by molar-refractivity contribution is 9.11. The second kappa shape index (κ2) is 15.3. The van der Waals surface area contributed by atoms with Gasteiger partial charge in [0.2, 0.25) is 0 Å². The molecule has 1 heterocycles. The van der Waals surface area contributed by atoms with E-state index < -0.39 is 17.9 Å². The molecule has 0 aromatic heterocycles. The summed E-state index contributed by atoms with van der Waals surface area (Å²) < 4.78 is 18.5. The van der Waals surface area contributed by atoms with Gasteiger partial charge in [-0.25, -0.2) is 10.2 Å². The first kappa shape index (κ1) is 32.5. The Bertz CT molecular complexity index is 1560. The van der Waals surface area contributed by atoms with E-state index >= 15 is 0 Å². The summed E-state index contributed by atoms with van der Waals surface area (Å²) in [6.45, 7) is 3.76. The molecule has 1 amide bonds. The lowest BCUT2D eigenvalue weighted by atomic mass is 9.95. The van der Waals surface area contributed by atoms with Crippen LogP contribution in [0.25, 0.3) is 0 Å². The van der Waals surface area contributed by atoms with Gasteiger partial charge in [-0.05, 0) is 99.4 Å². The highest BCUT2D eigenvalue weighted by Crippen LogP contribution is 2.35. The number of nitrogens with zero attached hydrogens (tertiary/aromatic N) is 1. The fourth-order valence-corrected chi connectivity index (χ4v) is 5.99. The Labute approximate surface area is 276 Å². The fourth-order valence-electron chi connectivity index (χ4n) is 4.14. The van der Waals surface area contributed by atoms with E-state index in [-0.39, 0.29) is 13.2 Å². The van der Waals surface area contributed by atoms with Crippen LogP contribution in [-0.4, -0.2) is 36.4 Å². The van der Waals surface area contributed by atoms with E-state index in [1.54, 1.807) is 32.0 Å². The summed E-state index contributed by atoms with van der Waals surface area (Å²) in [5.74, 6) is 0.0795. The molecule has 9 nitrogen and oxygen atoms in total. The van der Waals surface area contributed by atoms with E-state index in [1.807, 2.05) is 42.5 Å². The standard InChI is InChI=1S/C30H27Br2ClN4O5S/c1-3-40-29(39)26-17(2)35-30(43)36-27(26)21-6-4-5-7-24(21)41-16-25(38)37-34-14-19-12-22(31)28(23(32)13-19)42-15-18-8-10-20(33)11-9-18/h4-14,27H,3,15-16H2,1-2H3,(H,37,38)(H2,35,36,43)/t27-/m1/s1. The summed E-state index contributed by atoms with van der Waals surface area (Å²) in [7, 11) is 0. The quantitative estimate of drug-likeness (QED) is 0.0904. The Kier molecular flexibility index (Phi) is 11.6. The van der Waals surface area contributed by atoms with Gasteiger partial charge in [-0.3, -0.25) is 4.79 Å². The summed E-state index contributed by atoms with van der Waals surface area (Å²) in [5, 5.41) is 11.1. The molecular weight excluding hydrogens is 724 g/mol. The number of carbonyl (C=O) groups is 2. The smallest absolute Gasteiger partial charge is 0.338 e. The van der Waals surface area contributed by atoms with Crippen LogP contribution in [-0.2, 0) is 20.9 Å². The maximum Gasteiger partial charge on any atom is 0.338 e. The number of esters is 1. The Hall–Kier alpha value is -3.45. The maximum absolute atomic E-state index is 12.7. The Balaban J connectivity index is 1.37. The van der Waals surface area contributed by atoms with Crippen LogP contribution in [0.15, 0.2) is 86.0 Å². The normalized spacial score (nSPS) is 14.6. The summed E-state index contributed by atoms with van der Waals surface area (Å²) >= 11 is 18.3. The van der Waals surface area contributed by atoms with Crippen molar-refractivity contribution in [1.82, 2.24) is 16.1 Å². The van der Waals surface area contributed by atoms with E-state index in [0.29, 0.717) is 59.6 Å². The van der Waals surface area contributed by atoms with Crippen LogP contribution in [0.5, 0.6) is 11.5 Å². The molecule has 0 aliphatic carbocycles. The number of rotatable bonds is 11. The topological polar surface area (TPSA) is 110 Å². The monoisotopic (exact) mass is 748 g/mol. The van der Waals surface area contributed by atoms with Crippen molar-refractivity contribution in [3.63, 3.8) is 0 Å². The molecule has 0 spiro atoms. The molecule has 3 N–H and O–H groups in total. The molecule has 1 atom stereocenters. The number of halogens is 3. The number of allylic oxidation sites excluding steroid dienone is 1. The van der Waals surface area contributed by atoms with Crippen molar-refractivity contribution in [3.05, 3.63) is 103 Å². The maximum atomic E-state index is 12.7. The van der Waals surface area contributed by atoms with E-state index in [2.05, 4.69) is 53.0 Å². The Morgan fingerprint density at radius 2 is 1.79 bits per heavy atom. The second-order valence-corrected chi connectivity index (χ2v) is 11.7. The highest BCUT2D eigenvalue weighted by atomic mass is 79.9. The van der Waals surface area contributed by atoms with Gasteiger partial charge in [-0.1, -0.05) is 41.9 Å². The first-order valence-corrected chi connectivity index (χ1v) is 15.4. The van der Waals surface area contributed by atoms with Crippen molar-refractivity contribution in [1.29, 1.82) is 0 Å². The summed E-state index contributed by atoms with van der Waals surface area (Å²) in [6, 6.07) is 17.5. The van der Waals surface area contributed by atoms with Gasteiger partial charge in [-0.15, -0.1) is 0 Å². The van der Waals surface area contributed by atoms with Gasteiger partial charge in [0.1, 0.15) is 18.1 Å². The van der Waals surface area contributed by atoms with Crippen molar-refractivity contribution in [2.45, 2.75) is 26.5 Å². The third kappa shape index (κ3) is 8.79. The molecule has 4 rings (SSSR count). The average Bonchev–Trinajstić information content (AvgIpc) is 2.96. The summed E-state index contributed by atoms with van der Waals surface area (Å²) in [6.07, 6.45) is 1.50. The number of nitrogens with one attached hydrogen (secondary N) is 3. The van der Waals surface area contributed by atoms with Crippen LogP contribution >= 0.6 is 55.7 Å². The number of thiocarbonyl (C=S) groups is 1. The molecule has 1 aliphatic rings. The Morgan fingerprint density at radius 3 is 2.49 bits per heavy atom. The van der Waals surface area contributed by atoms with Crippen molar-refractivity contribution >= 4 is 78.9 Å². The van der Waals surface area contributed by atoms with Gasteiger partial charge >= 0.3 is 5.97 Å². The minimum atomic E-state index is -0.625. The van der Waals surface area contributed by atoms with Gasteiger partial charge in [0.25, 0.3) is 5.91 Å². The number of carbonyl (C=O) groups excluding carboxylic acids is 2. The van der Waals surface area contributed by atoms with Crippen molar-refractivity contribution < 1.29 is 23.8 Å². The van der Waals surface area contributed by atoms with Gasteiger partial charge in [0, 0.05) is 16.3 Å². The van der Waals surface area contributed by atoms with Crippen molar-refractivity contribution in [2.75, 3.05) is 13.2 Å². The lowest BCUT2D eigenvalue weighted by Gasteiger charge is -2.30. The molecule has 13 heteroatoms. The summed E-state index contributed by atoms with van der Waals surface area (Å²) in [5.41, 5.74) is 5.73. The number of hydrogen-bond donors (Lipinski definition) is 3. The molecule has 0 unspecified atom stereocenters. The summed E-state index contributed by atoms with van der Waals surface area (Å²) in [4.78, 5) is 25.3. The first-order valence-electron chi connectivity index (χ1n) is 13.0. The van der Waals surface area contributed by atoms with Gasteiger partial charge < -0.3 is 24.8 Å². The molecule has 224 valence electrons. The van der Waals surface area contributed by atoms with Crippen molar-refractivity contribution in [2.24, 2.45) is 5.10 Å². The SMILES string of the molecule is CCOC(=O)C1=C(C)NC(=S)N[C@@H]1c1ccccc1OCC(=O)NN=Cc1cc(Br)c(OCc2ccc(Cl)cc2)c(Br)c1. The predicted molar refractivity (Wildman–Crippen MR) is 176 cm³/mol. The zero-order valence-corrected chi connectivity index (χ0v) is 27.8. The number of para-hydroxylation sites is 1. The predicted octanol–water partition coefficient (Wildman–Crippen LogP) is 6.33. The molecule has 0 bridgehead atoms. The van der Waals surface area contributed by atoms with Crippen LogP contribution in [0.1, 0.15) is 36.6 Å². The van der Waals surface area contributed by atoms with Crippen LogP contribution in [0.3, 0.4) is 0 Å². The third-order valence-electron chi connectivity index (χ3n) is 6.07. The van der Waals surface area contributed by atoms with Crippen LogP contribution in [0.2, 0.25) is 5.02 Å². The van der Waals surface area contributed by atoms with Gasteiger partial charge in [0.15, 0.2) is 11.7 Å². The van der Waals surface area contributed by atoms with E-state index in [9.17, 15) is 9.59 Å². The van der Waals surface area contributed by atoms with Gasteiger partial charge in [0.05, 0.1) is 33.4 Å². The van der Waals surface area contributed by atoms with Crippen LogP contribution in [0.4, 0.5) is 0 Å². The Morgan fingerprint density at radius 1 is 1.09 bits per heavy atom. The minimum Gasteiger partial charge on any atom is -0.487 e. The van der Waals surface area contributed by atoms with E-state index in [4.69, 9.17) is 38.0 Å². The number of hydrogen-bond acceptors (Lipinski definition) is 7. The lowest BCUT2D eigenvalue weighted by Crippen LogP contribution is -2.45. The number of ether oxygens (including phenoxy) is 3. The second-order valence-electron chi connectivity index (χ2n) is 9.14. The molecule has 3 aromatic rings. The average molecular weight is 751 g/mol.